The highest BCUT2D eigenvalue weighted by Crippen LogP contribution is 2.42. The topological polar surface area (TPSA) is 13.1 Å². The first-order valence-electron chi connectivity index (χ1n) is 15.4. The Bertz CT molecular complexity index is 2420. The Labute approximate surface area is 261 Å². The van der Waals surface area contributed by atoms with E-state index in [1.807, 2.05) is 0 Å². The van der Waals surface area contributed by atoms with Crippen LogP contribution in [0.3, 0.4) is 0 Å². The van der Waals surface area contributed by atoms with Crippen LogP contribution < -0.4 is 4.90 Å². The van der Waals surface area contributed by atoms with E-state index in [9.17, 15) is 0 Å². The van der Waals surface area contributed by atoms with Crippen molar-refractivity contribution in [3.63, 3.8) is 0 Å². The minimum Gasteiger partial charge on any atom is -0.311 e. The lowest BCUT2D eigenvalue weighted by atomic mass is 10.1. The zero-order valence-electron chi connectivity index (χ0n) is 24.6. The molecule has 9 rings (SSSR count). The van der Waals surface area contributed by atoms with Gasteiger partial charge in [0.15, 0.2) is 0 Å². The lowest BCUT2D eigenvalue weighted by Crippen LogP contribution is -2.09. The van der Waals surface area contributed by atoms with E-state index < -0.39 is 0 Å². The van der Waals surface area contributed by atoms with E-state index in [0.717, 1.165) is 28.4 Å². The van der Waals surface area contributed by atoms with E-state index in [-0.39, 0.29) is 0 Å². The van der Waals surface area contributed by atoms with Crippen molar-refractivity contribution in [3.05, 3.63) is 176 Å². The van der Waals surface area contributed by atoms with Gasteiger partial charge in [-0.25, -0.2) is 0 Å². The van der Waals surface area contributed by atoms with Gasteiger partial charge in [-0.2, -0.15) is 0 Å². The average molecular weight is 576 g/mol. The Hall–Kier alpha value is -6.06. The van der Waals surface area contributed by atoms with Crippen molar-refractivity contribution in [2.45, 2.75) is 0 Å². The molecule has 0 N–H and O–H groups in total. The largest absolute Gasteiger partial charge is 0.311 e. The maximum absolute atomic E-state index is 2.45. The van der Waals surface area contributed by atoms with Gasteiger partial charge in [0.2, 0.25) is 0 Å². The molecule has 0 aliphatic rings. The van der Waals surface area contributed by atoms with Gasteiger partial charge in [0.05, 0.1) is 22.1 Å². The summed E-state index contributed by atoms with van der Waals surface area (Å²) in [5, 5.41) is 5.03. The molecular formula is C42H29N3. The molecule has 2 aromatic heterocycles. The molecule has 9 aromatic rings. The molecule has 0 radical (unpaired) electrons. The summed E-state index contributed by atoms with van der Waals surface area (Å²) in [6.45, 7) is 0. The predicted octanol–water partition coefficient (Wildman–Crippen LogP) is 11.4. The fraction of sp³-hybridized carbons (Fsp3) is 0. The molecule has 212 valence electrons. The summed E-state index contributed by atoms with van der Waals surface area (Å²) in [7, 11) is 0. The first kappa shape index (κ1) is 25.4. The van der Waals surface area contributed by atoms with Crippen LogP contribution in [0, 0.1) is 0 Å². The molecule has 0 saturated carbocycles. The second-order valence-electron chi connectivity index (χ2n) is 11.4. The number of nitrogens with zero attached hydrogens (tertiary/aromatic N) is 3. The van der Waals surface area contributed by atoms with Crippen LogP contribution in [0.4, 0.5) is 17.1 Å². The number of anilines is 3. The molecule has 0 amide bonds. The summed E-state index contributed by atoms with van der Waals surface area (Å²) < 4.78 is 4.85. The molecule has 0 aliphatic heterocycles. The van der Waals surface area contributed by atoms with Gasteiger partial charge < -0.3 is 14.0 Å². The molecule has 3 nitrogen and oxygen atoms in total. The van der Waals surface area contributed by atoms with Crippen molar-refractivity contribution in [1.29, 1.82) is 0 Å². The second-order valence-corrected chi connectivity index (χ2v) is 11.4. The van der Waals surface area contributed by atoms with Gasteiger partial charge in [0.25, 0.3) is 0 Å². The van der Waals surface area contributed by atoms with E-state index in [1.165, 1.54) is 43.6 Å². The van der Waals surface area contributed by atoms with E-state index in [0.29, 0.717) is 0 Å². The van der Waals surface area contributed by atoms with Gasteiger partial charge in [0.1, 0.15) is 0 Å². The molecule has 0 bridgehead atoms. The maximum Gasteiger partial charge on any atom is 0.0641 e. The fourth-order valence-corrected chi connectivity index (χ4v) is 6.98. The summed E-state index contributed by atoms with van der Waals surface area (Å²) in [4.78, 5) is 2.31. The monoisotopic (exact) mass is 575 g/mol. The lowest BCUT2D eigenvalue weighted by Gasteiger charge is -2.25. The number of benzene rings is 7. The predicted molar refractivity (Wildman–Crippen MR) is 190 cm³/mol. The Kier molecular flexibility index (Phi) is 5.82. The number of rotatable bonds is 5. The summed E-state index contributed by atoms with van der Waals surface area (Å²) >= 11 is 0. The summed E-state index contributed by atoms with van der Waals surface area (Å²) in [5.41, 5.74) is 10.5. The number of para-hydroxylation sites is 5. The third-order valence-electron chi connectivity index (χ3n) is 8.88. The minimum absolute atomic E-state index is 1.11. The summed E-state index contributed by atoms with van der Waals surface area (Å²) in [6, 6.07) is 63.0. The molecule has 0 spiro atoms. The quantitative estimate of drug-likeness (QED) is 0.199. The first-order chi connectivity index (χ1) is 22.4. The lowest BCUT2D eigenvalue weighted by molar-refractivity contribution is 1.17. The second kappa shape index (κ2) is 10.3. The SMILES string of the molecule is c1ccc(N(c2ccccc2)c2ccc(-n3c4ccccc4c4ccc5c(c6ccccc6n5-c5ccccc5)c43)cc2)cc1. The van der Waals surface area contributed by atoms with Crippen LogP contribution >= 0.6 is 0 Å². The van der Waals surface area contributed by atoms with E-state index >= 15 is 0 Å². The van der Waals surface area contributed by atoms with Crippen molar-refractivity contribution >= 4 is 60.7 Å². The van der Waals surface area contributed by atoms with Gasteiger partial charge in [0, 0.05) is 50.0 Å². The van der Waals surface area contributed by atoms with Crippen LogP contribution in [-0.2, 0) is 0 Å². The Morgan fingerprint density at radius 3 is 1.44 bits per heavy atom. The van der Waals surface area contributed by atoms with E-state index in [1.54, 1.807) is 0 Å². The summed E-state index contributed by atoms with van der Waals surface area (Å²) in [5.74, 6) is 0. The van der Waals surface area contributed by atoms with Crippen LogP contribution in [0.1, 0.15) is 0 Å². The van der Waals surface area contributed by atoms with Crippen LogP contribution in [0.25, 0.3) is 55.0 Å². The van der Waals surface area contributed by atoms with Crippen molar-refractivity contribution in [2.24, 2.45) is 0 Å². The van der Waals surface area contributed by atoms with Gasteiger partial charge in [-0.1, -0.05) is 97.1 Å². The molecule has 0 atom stereocenters. The number of hydrogen-bond donors (Lipinski definition) is 0. The standard InChI is InChI=1S/C42H29N3/c1-4-14-30(15-5-1)43(31-16-6-2-7-17-31)33-24-26-34(27-25-33)45-38-22-12-10-20-35(38)36-28-29-40-41(42(36)45)37-21-11-13-23-39(37)44(40)32-18-8-3-9-19-32/h1-29H. The molecule has 45 heavy (non-hydrogen) atoms. The minimum atomic E-state index is 1.11. The van der Waals surface area contributed by atoms with Crippen molar-refractivity contribution in [3.8, 4) is 11.4 Å². The van der Waals surface area contributed by atoms with Crippen molar-refractivity contribution < 1.29 is 0 Å². The molecular weight excluding hydrogens is 546 g/mol. The van der Waals surface area contributed by atoms with Gasteiger partial charge in [-0.05, 0) is 78.9 Å². The summed E-state index contributed by atoms with van der Waals surface area (Å²) in [6.07, 6.45) is 0. The zero-order valence-corrected chi connectivity index (χ0v) is 24.6. The van der Waals surface area contributed by atoms with Gasteiger partial charge >= 0.3 is 0 Å². The molecule has 3 heteroatoms. The Morgan fingerprint density at radius 1 is 0.311 bits per heavy atom. The van der Waals surface area contributed by atoms with E-state index in [2.05, 4.69) is 190 Å². The Balaban J connectivity index is 1.32. The van der Waals surface area contributed by atoms with Crippen LogP contribution in [0.5, 0.6) is 0 Å². The third kappa shape index (κ3) is 3.98. The molecule has 0 unspecified atom stereocenters. The molecule has 0 fully saturated rings. The van der Waals surface area contributed by atoms with Gasteiger partial charge in [-0.3, -0.25) is 0 Å². The fourth-order valence-electron chi connectivity index (χ4n) is 6.98. The third-order valence-corrected chi connectivity index (χ3v) is 8.88. The highest BCUT2D eigenvalue weighted by atomic mass is 15.1. The van der Waals surface area contributed by atoms with Crippen LogP contribution in [-0.4, -0.2) is 9.13 Å². The smallest absolute Gasteiger partial charge is 0.0641 e. The Morgan fingerprint density at radius 2 is 0.800 bits per heavy atom. The highest BCUT2D eigenvalue weighted by molar-refractivity contribution is 6.26. The van der Waals surface area contributed by atoms with Crippen LogP contribution in [0.2, 0.25) is 0 Å². The highest BCUT2D eigenvalue weighted by Gasteiger charge is 2.21. The van der Waals surface area contributed by atoms with Crippen LogP contribution in [0.15, 0.2) is 176 Å². The first-order valence-corrected chi connectivity index (χ1v) is 15.4. The zero-order chi connectivity index (χ0) is 29.7. The molecule has 7 aromatic carbocycles. The normalized spacial score (nSPS) is 11.6. The van der Waals surface area contributed by atoms with Crippen molar-refractivity contribution in [1.82, 2.24) is 9.13 Å². The van der Waals surface area contributed by atoms with Crippen molar-refractivity contribution in [2.75, 3.05) is 4.90 Å². The molecule has 0 saturated heterocycles. The maximum atomic E-state index is 2.45. The molecule has 0 aliphatic carbocycles. The van der Waals surface area contributed by atoms with Gasteiger partial charge in [-0.15, -0.1) is 0 Å². The van der Waals surface area contributed by atoms with E-state index in [4.69, 9.17) is 0 Å². The molecule has 2 heterocycles. The number of aromatic nitrogens is 2. The number of hydrogen-bond acceptors (Lipinski definition) is 1. The number of fused-ring (bicyclic) bond motifs is 7. The average Bonchev–Trinajstić information content (AvgIpc) is 3.63.